The lowest BCUT2D eigenvalue weighted by atomic mass is 10.2. The molecule has 0 fully saturated rings. The molecule has 0 radical (unpaired) electrons. The van der Waals surface area contributed by atoms with Crippen LogP contribution in [0.5, 0.6) is 5.75 Å². The molecular weight excluding hydrogens is 290 g/mol. The fourth-order valence-corrected chi connectivity index (χ4v) is 1.60. The minimum Gasteiger partial charge on any atom is -0.483 e. The topological polar surface area (TPSA) is 111 Å². The third-order valence-corrected chi connectivity index (χ3v) is 2.73. The molecule has 0 aliphatic heterocycles. The summed E-state index contributed by atoms with van der Waals surface area (Å²) in [6, 6.07) is 3.74. The number of amides is 3. The Morgan fingerprint density at radius 2 is 2.05 bits per heavy atom. The van der Waals surface area contributed by atoms with E-state index in [0.717, 1.165) is 0 Å². The molecule has 3 amide bonds. The van der Waals surface area contributed by atoms with E-state index >= 15 is 0 Å². The number of nitrogens with one attached hydrogen (secondary N) is 2. The van der Waals surface area contributed by atoms with Crippen LogP contribution in [0.15, 0.2) is 18.2 Å². The largest absolute Gasteiger partial charge is 0.483 e. The number of carbonyl (C=O) groups is 2. The van der Waals surface area contributed by atoms with Crippen LogP contribution in [0.2, 0.25) is 0 Å². The highest BCUT2D eigenvalue weighted by Crippen LogP contribution is 2.26. The van der Waals surface area contributed by atoms with E-state index in [1.165, 1.54) is 25.1 Å². The zero-order valence-corrected chi connectivity index (χ0v) is 12.7. The summed E-state index contributed by atoms with van der Waals surface area (Å²) < 4.78 is 5.22. The second-order valence-electron chi connectivity index (χ2n) is 5.10. The van der Waals surface area contributed by atoms with Gasteiger partial charge in [0, 0.05) is 12.6 Å². The molecule has 0 bridgehead atoms. The van der Waals surface area contributed by atoms with Crippen molar-refractivity contribution in [3.05, 3.63) is 33.9 Å². The first-order chi connectivity index (χ1) is 10.3. The Morgan fingerprint density at radius 3 is 2.64 bits per heavy atom. The van der Waals surface area contributed by atoms with Crippen LogP contribution in [0, 0.1) is 23.0 Å². The molecule has 1 aromatic rings. The molecule has 2 N–H and O–H groups in total. The van der Waals surface area contributed by atoms with Gasteiger partial charge >= 0.3 is 6.03 Å². The molecule has 22 heavy (non-hydrogen) atoms. The minimum atomic E-state index is -0.632. The zero-order valence-electron chi connectivity index (χ0n) is 12.7. The highest BCUT2D eigenvalue weighted by atomic mass is 16.6. The summed E-state index contributed by atoms with van der Waals surface area (Å²) in [5, 5.41) is 15.4. The third-order valence-electron chi connectivity index (χ3n) is 2.73. The van der Waals surface area contributed by atoms with Crippen molar-refractivity contribution in [2.24, 2.45) is 5.92 Å². The van der Waals surface area contributed by atoms with Crippen molar-refractivity contribution in [3.8, 4) is 5.75 Å². The number of hydrogen-bond donors (Lipinski definition) is 2. The van der Waals surface area contributed by atoms with Crippen LogP contribution in [0.3, 0.4) is 0 Å². The number of imide groups is 1. The van der Waals surface area contributed by atoms with Crippen LogP contribution < -0.4 is 15.4 Å². The van der Waals surface area contributed by atoms with Crippen molar-refractivity contribution >= 4 is 17.6 Å². The smallest absolute Gasteiger partial charge is 0.321 e. The third kappa shape index (κ3) is 5.39. The van der Waals surface area contributed by atoms with E-state index in [2.05, 4.69) is 10.6 Å². The average molecular weight is 309 g/mol. The maximum atomic E-state index is 11.6. The van der Waals surface area contributed by atoms with E-state index < -0.39 is 23.5 Å². The summed E-state index contributed by atoms with van der Waals surface area (Å²) >= 11 is 0. The maximum absolute atomic E-state index is 11.6. The molecule has 0 unspecified atom stereocenters. The van der Waals surface area contributed by atoms with Crippen LogP contribution in [0.25, 0.3) is 0 Å². The quantitative estimate of drug-likeness (QED) is 0.614. The Labute approximate surface area is 128 Å². The van der Waals surface area contributed by atoms with E-state index in [1.54, 1.807) is 0 Å². The number of urea groups is 1. The first kappa shape index (κ1) is 17.4. The van der Waals surface area contributed by atoms with Gasteiger partial charge in [0.1, 0.15) is 5.75 Å². The maximum Gasteiger partial charge on any atom is 0.321 e. The molecule has 0 spiro atoms. The van der Waals surface area contributed by atoms with Crippen molar-refractivity contribution in [2.75, 3.05) is 13.2 Å². The molecule has 8 heteroatoms. The molecule has 8 nitrogen and oxygen atoms in total. The second-order valence-corrected chi connectivity index (χ2v) is 5.10. The van der Waals surface area contributed by atoms with Gasteiger partial charge in [-0.15, -0.1) is 0 Å². The van der Waals surface area contributed by atoms with E-state index in [9.17, 15) is 19.7 Å². The summed E-state index contributed by atoms with van der Waals surface area (Å²) in [6.45, 7) is 5.42. The molecule has 0 saturated heterocycles. The van der Waals surface area contributed by atoms with Crippen LogP contribution in [0.4, 0.5) is 10.5 Å². The van der Waals surface area contributed by atoms with Gasteiger partial charge in [-0.1, -0.05) is 19.9 Å². The van der Waals surface area contributed by atoms with Gasteiger partial charge in [-0.25, -0.2) is 4.79 Å². The van der Waals surface area contributed by atoms with Gasteiger partial charge in [0.25, 0.3) is 11.6 Å². The SMILES string of the molecule is Cc1c(OCC(=O)NC(=O)NCC(C)C)cccc1[N+](=O)[O-]. The summed E-state index contributed by atoms with van der Waals surface area (Å²) in [5.74, 6) is -0.135. The number of rotatable bonds is 6. The van der Waals surface area contributed by atoms with E-state index in [4.69, 9.17) is 4.74 Å². The number of ether oxygens (including phenoxy) is 1. The van der Waals surface area contributed by atoms with Gasteiger partial charge in [-0.3, -0.25) is 20.2 Å². The first-order valence-corrected chi connectivity index (χ1v) is 6.75. The predicted molar refractivity (Wildman–Crippen MR) is 79.7 cm³/mol. The van der Waals surface area contributed by atoms with Crippen LogP contribution >= 0.6 is 0 Å². The van der Waals surface area contributed by atoms with Crippen molar-refractivity contribution in [1.82, 2.24) is 10.6 Å². The highest BCUT2D eigenvalue weighted by Gasteiger charge is 2.15. The standard InChI is InChI=1S/C14H19N3O5/c1-9(2)7-15-14(19)16-13(18)8-22-12-6-4-5-11(10(12)3)17(20)21/h4-6,9H,7-8H2,1-3H3,(H2,15,16,18,19). The van der Waals surface area contributed by atoms with Gasteiger partial charge < -0.3 is 10.1 Å². The Balaban J connectivity index is 2.53. The Hall–Kier alpha value is -2.64. The van der Waals surface area contributed by atoms with Crippen LogP contribution in [-0.2, 0) is 4.79 Å². The summed E-state index contributed by atoms with van der Waals surface area (Å²) in [6.07, 6.45) is 0. The molecule has 0 aliphatic carbocycles. The molecule has 0 aromatic heterocycles. The van der Waals surface area contributed by atoms with Gasteiger partial charge in [-0.05, 0) is 18.9 Å². The summed E-state index contributed by atoms with van der Waals surface area (Å²) in [4.78, 5) is 33.2. The Bertz CT molecular complexity index is 572. The average Bonchev–Trinajstić information content (AvgIpc) is 2.43. The lowest BCUT2D eigenvalue weighted by Gasteiger charge is -2.10. The molecule has 0 aliphatic rings. The van der Waals surface area contributed by atoms with Crippen LogP contribution in [0.1, 0.15) is 19.4 Å². The molecule has 0 heterocycles. The fraction of sp³-hybridized carbons (Fsp3) is 0.429. The lowest BCUT2D eigenvalue weighted by molar-refractivity contribution is -0.385. The number of nitrogens with zero attached hydrogens (tertiary/aromatic N) is 1. The van der Waals surface area contributed by atoms with E-state index in [-0.39, 0.29) is 17.4 Å². The molecule has 120 valence electrons. The van der Waals surface area contributed by atoms with E-state index in [0.29, 0.717) is 12.1 Å². The monoisotopic (exact) mass is 309 g/mol. The Morgan fingerprint density at radius 1 is 1.36 bits per heavy atom. The second kappa shape index (κ2) is 7.96. The normalized spacial score (nSPS) is 10.2. The summed E-state index contributed by atoms with van der Waals surface area (Å²) in [7, 11) is 0. The highest BCUT2D eigenvalue weighted by molar-refractivity contribution is 5.95. The van der Waals surface area contributed by atoms with Gasteiger partial charge in [-0.2, -0.15) is 0 Å². The molecule has 0 saturated carbocycles. The first-order valence-electron chi connectivity index (χ1n) is 6.75. The molecule has 1 rings (SSSR count). The van der Waals surface area contributed by atoms with Gasteiger partial charge in [0.05, 0.1) is 10.5 Å². The van der Waals surface area contributed by atoms with Gasteiger partial charge in [0.2, 0.25) is 0 Å². The Kier molecular flexibility index (Phi) is 6.30. The minimum absolute atomic E-state index is 0.0902. The number of benzene rings is 1. The van der Waals surface area contributed by atoms with Crippen molar-refractivity contribution in [1.29, 1.82) is 0 Å². The number of hydrogen-bond acceptors (Lipinski definition) is 5. The zero-order chi connectivity index (χ0) is 16.7. The molecular formula is C14H19N3O5. The lowest BCUT2D eigenvalue weighted by Crippen LogP contribution is -2.42. The number of carbonyl (C=O) groups excluding carboxylic acids is 2. The van der Waals surface area contributed by atoms with E-state index in [1.807, 2.05) is 13.8 Å². The summed E-state index contributed by atoms with van der Waals surface area (Å²) in [5.41, 5.74) is 0.233. The van der Waals surface area contributed by atoms with Crippen LogP contribution in [-0.4, -0.2) is 30.0 Å². The van der Waals surface area contributed by atoms with Crippen molar-refractivity contribution in [3.63, 3.8) is 0 Å². The van der Waals surface area contributed by atoms with Gasteiger partial charge in [0.15, 0.2) is 6.61 Å². The number of nitro groups is 1. The molecule has 0 atom stereocenters. The number of nitro benzene ring substituents is 1. The van der Waals surface area contributed by atoms with Crippen molar-refractivity contribution in [2.45, 2.75) is 20.8 Å². The van der Waals surface area contributed by atoms with Crippen molar-refractivity contribution < 1.29 is 19.2 Å². The predicted octanol–water partition coefficient (Wildman–Crippen LogP) is 1.76. The fourth-order valence-electron chi connectivity index (χ4n) is 1.60. The molecule has 1 aromatic carbocycles.